The quantitative estimate of drug-likeness (QED) is 0.351. The van der Waals surface area contributed by atoms with Crippen molar-refractivity contribution in [2.45, 2.75) is 32.2 Å². The van der Waals surface area contributed by atoms with E-state index < -0.39 is 17.4 Å². The smallest absolute Gasteiger partial charge is 0.322 e. The zero-order valence-corrected chi connectivity index (χ0v) is 23.5. The Morgan fingerprint density at radius 3 is 2.44 bits per heavy atom. The Hall–Kier alpha value is -4.21. The molecule has 214 valence electrons. The maximum Gasteiger partial charge on any atom is 0.322 e. The third-order valence-corrected chi connectivity index (χ3v) is 8.30. The highest BCUT2D eigenvalue weighted by atomic mass is 16.5. The van der Waals surface area contributed by atoms with E-state index in [0.717, 1.165) is 28.8 Å². The number of anilines is 3. The third kappa shape index (κ3) is 6.26. The van der Waals surface area contributed by atoms with Crippen LogP contribution in [0.2, 0.25) is 0 Å². The molecule has 41 heavy (non-hydrogen) atoms. The second-order valence-corrected chi connectivity index (χ2v) is 11.0. The average Bonchev–Trinajstić information content (AvgIpc) is 3.16. The van der Waals surface area contributed by atoms with E-state index in [0.29, 0.717) is 44.1 Å². The summed E-state index contributed by atoms with van der Waals surface area (Å²) >= 11 is 0. The van der Waals surface area contributed by atoms with E-state index in [1.165, 1.54) is 0 Å². The summed E-state index contributed by atoms with van der Waals surface area (Å²) in [5, 5.41) is 8.96. The number of nitrogens with two attached hydrogens (primary N) is 1. The van der Waals surface area contributed by atoms with E-state index in [9.17, 15) is 14.4 Å². The molecular formula is C32H37N5O4. The Bertz CT molecular complexity index is 1420. The first-order chi connectivity index (χ1) is 19.7. The summed E-state index contributed by atoms with van der Waals surface area (Å²) < 4.78 is 5.34. The van der Waals surface area contributed by atoms with Crippen molar-refractivity contribution in [2.24, 2.45) is 17.6 Å². The molecular weight excluding hydrogens is 518 g/mol. The van der Waals surface area contributed by atoms with Crippen LogP contribution in [0.15, 0.2) is 72.8 Å². The van der Waals surface area contributed by atoms with Gasteiger partial charge in [-0.25, -0.2) is 4.79 Å². The van der Waals surface area contributed by atoms with Crippen LogP contribution in [0.25, 0.3) is 11.1 Å². The summed E-state index contributed by atoms with van der Waals surface area (Å²) in [6.45, 7) is 5.72. The van der Waals surface area contributed by atoms with Gasteiger partial charge in [0, 0.05) is 35.9 Å². The summed E-state index contributed by atoms with van der Waals surface area (Å²) in [5.41, 5.74) is 10.3. The molecule has 0 aliphatic carbocycles. The molecule has 3 atom stereocenters. The van der Waals surface area contributed by atoms with Crippen LogP contribution in [0.1, 0.15) is 25.8 Å². The molecule has 0 saturated carbocycles. The zero-order valence-electron chi connectivity index (χ0n) is 23.5. The molecule has 4 amide bonds. The predicted molar refractivity (Wildman–Crippen MR) is 161 cm³/mol. The number of para-hydroxylation sites is 2. The highest BCUT2D eigenvalue weighted by Crippen LogP contribution is 2.34. The van der Waals surface area contributed by atoms with Gasteiger partial charge in [-0.2, -0.15) is 0 Å². The second-order valence-electron chi connectivity index (χ2n) is 11.0. The Morgan fingerprint density at radius 2 is 1.68 bits per heavy atom. The molecule has 5 rings (SSSR count). The summed E-state index contributed by atoms with van der Waals surface area (Å²) in [5.74, 6) is -1.28. The first-order valence-corrected chi connectivity index (χ1v) is 14.1. The minimum Gasteiger partial charge on any atom is -0.378 e. The number of amides is 4. The number of carbonyl (C=O) groups is 3. The SMILES string of the molecule is C[C@H](C1CCc2ccccc2NC1=O)C(C)(N)C(=O)Nc1ccc(-c2ccccc2NC(=O)N2CCOCC2)cc1. The van der Waals surface area contributed by atoms with Gasteiger partial charge in [-0.3, -0.25) is 9.59 Å². The van der Waals surface area contributed by atoms with Crippen molar-refractivity contribution in [3.05, 3.63) is 78.4 Å². The monoisotopic (exact) mass is 555 g/mol. The number of fused-ring (bicyclic) bond motifs is 1. The lowest BCUT2D eigenvalue weighted by atomic mass is 9.75. The molecule has 5 N–H and O–H groups in total. The fourth-order valence-electron chi connectivity index (χ4n) is 5.43. The Morgan fingerprint density at radius 1 is 1.00 bits per heavy atom. The molecule has 1 saturated heterocycles. The summed E-state index contributed by atoms with van der Waals surface area (Å²) in [6, 6.07) is 22.6. The number of ether oxygens (including phenoxy) is 1. The minimum atomic E-state index is -1.28. The molecule has 9 nitrogen and oxygen atoms in total. The predicted octanol–water partition coefficient (Wildman–Crippen LogP) is 4.71. The number of carbonyl (C=O) groups excluding carboxylic acids is 3. The number of hydrogen-bond donors (Lipinski definition) is 4. The highest BCUT2D eigenvalue weighted by Gasteiger charge is 2.42. The van der Waals surface area contributed by atoms with Gasteiger partial charge in [0.1, 0.15) is 0 Å². The maximum atomic E-state index is 13.4. The first kappa shape index (κ1) is 28.3. The van der Waals surface area contributed by atoms with Crippen LogP contribution < -0.4 is 21.7 Å². The molecule has 0 bridgehead atoms. The Labute approximate surface area is 240 Å². The van der Waals surface area contributed by atoms with Crippen LogP contribution in [-0.2, 0) is 20.7 Å². The van der Waals surface area contributed by atoms with Gasteiger partial charge >= 0.3 is 6.03 Å². The van der Waals surface area contributed by atoms with Gasteiger partial charge in [-0.15, -0.1) is 0 Å². The molecule has 9 heteroatoms. The number of nitrogens with zero attached hydrogens (tertiary/aromatic N) is 1. The Kier molecular flexibility index (Phi) is 8.37. The van der Waals surface area contributed by atoms with Gasteiger partial charge < -0.3 is 31.3 Å². The molecule has 0 radical (unpaired) electrons. The topological polar surface area (TPSA) is 126 Å². The van der Waals surface area contributed by atoms with Gasteiger partial charge in [-0.1, -0.05) is 55.5 Å². The van der Waals surface area contributed by atoms with Gasteiger partial charge in [0.25, 0.3) is 0 Å². The van der Waals surface area contributed by atoms with E-state index >= 15 is 0 Å². The van der Waals surface area contributed by atoms with E-state index in [1.807, 2.05) is 79.7 Å². The number of urea groups is 1. The highest BCUT2D eigenvalue weighted by molar-refractivity contribution is 6.00. The molecule has 2 unspecified atom stereocenters. The van der Waals surface area contributed by atoms with E-state index in [4.69, 9.17) is 10.5 Å². The fourth-order valence-corrected chi connectivity index (χ4v) is 5.43. The van der Waals surface area contributed by atoms with E-state index in [1.54, 1.807) is 11.8 Å². The van der Waals surface area contributed by atoms with Crippen LogP contribution >= 0.6 is 0 Å². The largest absolute Gasteiger partial charge is 0.378 e. The van der Waals surface area contributed by atoms with Crippen LogP contribution in [0.4, 0.5) is 21.9 Å². The molecule has 2 heterocycles. The molecule has 3 aromatic rings. The standard InChI is InChI=1S/C32H37N5O4/c1-21(25-16-13-23-7-3-5-9-27(23)35-29(25)38)32(2,33)30(39)34-24-14-11-22(12-15-24)26-8-4-6-10-28(26)36-31(40)37-17-19-41-20-18-37/h3-12,14-15,21,25H,13,16-20,33H2,1-2H3,(H,34,39)(H,35,38)(H,36,40)/t21-,25?,32?/m1/s1. The summed E-state index contributed by atoms with van der Waals surface area (Å²) in [4.78, 5) is 40.9. The molecule has 0 spiro atoms. The van der Waals surface area contributed by atoms with Gasteiger partial charge in [0.2, 0.25) is 11.8 Å². The number of benzene rings is 3. The number of rotatable bonds is 6. The van der Waals surface area contributed by atoms with Gasteiger partial charge in [0.05, 0.1) is 24.4 Å². The lowest BCUT2D eigenvalue weighted by Gasteiger charge is -2.34. The maximum absolute atomic E-state index is 13.4. The minimum absolute atomic E-state index is 0.115. The summed E-state index contributed by atoms with van der Waals surface area (Å²) in [7, 11) is 0. The molecule has 2 aliphatic heterocycles. The van der Waals surface area contributed by atoms with Crippen LogP contribution in [0.5, 0.6) is 0 Å². The van der Waals surface area contributed by atoms with Crippen LogP contribution in [-0.4, -0.2) is 54.6 Å². The van der Waals surface area contributed by atoms with Crippen molar-refractivity contribution in [1.29, 1.82) is 0 Å². The number of nitrogens with one attached hydrogen (secondary N) is 3. The lowest BCUT2D eigenvalue weighted by molar-refractivity contribution is -0.126. The average molecular weight is 556 g/mol. The molecule has 0 aromatic heterocycles. The van der Waals surface area contributed by atoms with Gasteiger partial charge in [-0.05, 0) is 61.1 Å². The van der Waals surface area contributed by atoms with E-state index in [2.05, 4.69) is 16.0 Å². The van der Waals surface area contributed by atoms with Crippen molar-refractivity contribution in [2.75, 3.05) is 42.3 Å². The number of morpholine rings is 1. The Balaban J connectivity index is 1.25. The molecule has 3 aromatic carbocycles. The number of aryl methyl sites for hydroxylation is 1. The fraction of sp³-hybridized carbons (Fsp3) is 0.344. The summed E-state index contributed by atoms with van der Waals surface area (Å²) in [6.07, 6.45) is 1.34. The van der Waals surface area contributed by atoms with Crippen LogP contribution in [0, 0.1) is 11.8 Å². The first-order valence-electron chi connectivity index (χ1n) is 14.1. The lowest BCUT2D eigenvalue weighted by Crippen LogP contribution is -2.56. The third-order valence-electron chi connectivity index (χ3n) is 8.30. The van der Waals surface area contributed by atoms with Crippen LogP contribution in [0.3, 0.4) is 0 Å². The molecule has 2 aliphatic rings. The van der Waals surface area contributed by atoms with E-state index in [-0.39, 0.29) is 17.8 Å². The van der Waals surface area contributed by atoms with Crippen molar-refractivity contribution >= 4 is 34.9 Å². The van der Waals surface area contributed by atoms with Crippen molar-refractivity contribution in [3.8, 4) is 11.1 Å². The molecule has 1 fully saturated rings. The zero-order chi connectivity index (χ0) is 29.0. The number of hydrogen-bond acceptors (Lipinski definition) is 5. The van der Waals surface area contributed by atoms with Crippen molar-refractivity contribution < 1.29 is 19.1 Å². The normalized spacial score (nSPS) is 19.1. The second kappa shape index (κ2) is 12.1. The van der Waals surface area contributed by atoms with Gasteiger partial charge in [0.15, 0.2) is 0 Å². The van der Waals surface area contributed by atoms with Crippen molar-refractivity contribution in [3.63, 3.8) is 0 Å². The van der Waals surface area contributed by atoms with Crippen molar-refractivity contribution in [1.82, 2.24) is 4.90 Å².